The van der Waals surface area contributed by atoms with Crippen molar-refractivity contribution in [2.45, 2.75) is 6.54 Å². The summed E-state index contributed by atoms with van der Waals surface area (Å²) in [6.07, 6.45) is 0. The average Bonchev–Trinajstić information content (AvgIpc) is 3.01. The van der Waals surface area contributed by atoms with Crippen molar-refractivity contribution in [1.82, 2.24) is 15.8 Å². The zero-order chi connectivity index (χ0) is 16.5. The minimum absolute atomic E-state index is 0.109. The molecule has 0 fully saturated rings. The molecule has 0 bridgehead atoms. The number of aliphatic imine (C=N–C) groups is 1. The van der Waals surface area contributed by atoms with Gasteiger partial charge < -0.3 is 5.32 Å². The molecular weight excluding hydrogens is 368 g/mol. The quantitative estimate of drug-likeness (QED) is 0.128. The van der Waals surface area contributed by atoms with Gasteiger partial charge in [0.1, 0.15) is 0 Å². The molecule has 0 aliphatic rings. The Morgan fingerprint density at radius 3 is 3.04 bits per heavy atom. The van der Waals surface area contributed by atoms with Crippen LogP contribution in [0.1, 0.15) is 11.3 Å². The summed E-state index contributed by atoms with van der Waals surface area (Å²) in [6, 6.07) is 7.62. The van der Waals surface area contributed by atoms with E-state index < -0.39 is 0 Å². The van der Waals surface area contributed by atoms with Crippen LogP contribution >= 0.6 is 15.9 Å². The van der Waals surface area contributed by atoms with Crippen LogP contribution in [0.3, 0.4) is 0 Å². The van der Waals surface area contributed by atoms with Crippen LogP contribution in [0, 0.1) is 0 Å². The molecule has 10 nitrogen and oxygen atoms in total. The van der Waals surface area contributed by atoms with Crippen LogP contribution in [0.2, 0.25) is 0 Å². The van der Waals surface area contributed by atoms with Gasteiger partial charge in [0.15, 0.2) is 11.5 Å². The maximum atomic E-state index is 9.27. The average molecular weight is 381 g/mol. The third-order valence-corrected chi connectivity index (χ3v) is 3.19. The molecule has 0 aliphatic heterocycles. The molecule has 1 aromatic carbocycles. The van der Waals surface area contributed by atoms with Crippen molar-refractivity contribution in [2.24, 2.45) is 10.1 Å². The van der Waals surface area contributed by atoms with Gasteiger partial charge in [-0.2, -0.15) is 0 Å². The van der Waals surface area contributed by atoms with Gasteiger partial charge in [0, 0.05) is 22.5 Å². The first kappa shape index (κ1) is 16.7. The van der Waals surface area contributed by atoms with Crippen molar-refractivity contribution >= 4 is 27.6 Å². The Balaban J connectivity index is 2.09. The molecule has 0 atom stereocenters. The number of hydroxylamine groups is 1. The summed E-state index contributed by atoms with van der Waals surface area (Å²) in [7, 11) is 0. The Morgan fingerprint density at radius 2 is 2.30 bits per heavy atom. The van der Waals surface area contributed by atoms with E-state index in [2.05, 4.69) is 51.2 Å². The Labute approximate surface area is 139 Å². The van der Waals surface area contributed by atoms with Crippen molar-refractivity contribution < 1.29 is 9.84 Å². The normalized spacial score (nSPS) is 11.0. The summed E-state index contributed by atoms with van der Waals surface area (Å²) in [4.78, 5) is 6.90. The van der Waals surface area contributed by atoms with Crippen molar-refractivity contribution in [3.8, 4) is 0 Å². The fourth-order valence-electron chi connectivity index (χ4n) is 1.70. The van der Waals surface area contributed by atoms with Gasteiger partial charge >= 0.3 is 0 Å². The van der Waals surface area contributed by atoms with Crippen LogP contribution < -0.4 is 10.8 Å². The second-order valence-electron chi connectivity index (χ2n) is 4.25. The lowest BCUT2D eigenvalue weighted by Crippen LogP contribution is -2.23. The SMILES string of the molecule is [N-]=[N+]=NCCNc1nonc1C(=NCc1cccc(Br)c1)NO. The Kier molecular flexibility index (Phi) is 6.36. The minimum Gasteiger partial charge on any atom is -0.365 e. The lowest BCUT2D eigenvalue weighted by molar-refractivity contribution is 0.233. The smallest absolute Gasteiger partial charge is 0.202 e. The van der Waals surface area contributed by atoms with E-state index in [0.717, 1.165) is 10.0 Å². The summed E-state index contributed by atoms with van der Waals surface area (Å²) < 4.78 is 5.59. The minimum atomic E-state index is 0.109. The van der Waals surface area contributed by atoms with Crippen LogP contribution in [0.4, 0.5) is 5.82 Å². The molecule has 120 valence electrons. The zero-order valence-corrected chi connectivity index (χ0v) is 13.4. The Bertz CT molecular complexity index is 725. The summed E-state index contributed by atoms with van der Waals surface area (Å²) >= 11 is 3.38. The largest absolute Gasteiger partial charge is 0.365 e. The molecule has 3 N–H and O–H groups in total. The molecule has 0 spiro atoms. The maximum absolute atomic E-state index is 9.27. The van der Waals surface area contributed by atoms with E-state index in [1.165, 1.54) is 0 Å². The van der Waals surface area contributed by atoms with Gasteiger partial charge in [-0.3, -0.25) is 15.7 Å². The highest BCUT2D eigenvalue weighted by Crippen LogP contribution is 2.14. The highest BCUT2D eigenvalue weighted by Gasteiger charge is 2.15. The lowest BCUT2D eigenvalue weighted by atomic mass is 10.2. The highest BCUT2D eigenvalue weighted by atomic mass is 79.9. The third-order valence-electron chi connectivity index (χ3n) is 2.70. The van der Waals surface area contributed by atoms with Crippen LogP contribution in [0.15, 0.2) is 43.5 Å². The van der Waals surface area contributed by atoms with Gasteiger partial charge in [-0.05, 0) is 33.5 Å². The first-order valence-electron chi connectivity index (χ1n) is 6.51. The van der Waals surface area contributed by atoms with Crippen LogP contribution in [0.25, 0.3) is 10.4 Å². The number of aromatic nitrogens is 2. The number of hydrogen-bond acceptors (Lipinski definition) is 7. The molecule has 23 heavy (non-hydrogen) atoms. The predicted octanol–water partition coefficient (Wildman–Crippen LogP) is 2.48. The number of benzene rings is 1. The second kappa shape index (κ2) is 8.73. The van der Waals surface area contributed by atoms with E-state index in [0.29, 0.717) is 13.1 Å². The second-order valence-corrected chi connectivity index (χ2v) is 5.16. The summed E-state index contributed by atoms with van der Waals surface area (Å²) in [6.45, 7) is 0.906. The van der Waals surface area contributed by atoms with Crippen LogP contribution in [-0.4, -0.2) is 34.4 Å². The van der Waals surface area contributed by atoms with E-state index in [4.69, 9.17) is 5.53 Å². The molecule has 11 heteroatoms. The third kappa shape index (κ3) is 4.95. The summed E-state index contributed by atoms with van der Waals surface area (Å²) in [5, 5.41) is 22.9. The number of amidine groups is 1. The number of halogens is 1. The number of nitrogens with one attached hydrogen (secondary N) is 2. The molecule has 0 radical (unpaired) electrons. The fraction of sp³-hybridized carbons (Fsp3) is 0.250. The first-order chi connectivity index (χ1) is 11.2. The van der Waals surface area contributed by atoms with E-state index in [-0.39, 0.29) is 23.9 Å². The molecule has 1 aromatic heterocycles. The molecule has 2 aromatic rings. The van der Waals surface area contributed by atoms with E-state index in [9.17, 15) is 5.21 Å². The standard InChI is InChI=1S/C12H13BrN8O2/c13-9-3-1-2-8(6-9)7-16-11(18-22)10-12(20-23-19-10)15-4-5-17-21-14/h1-3,6,22H,4-5,7H2,(H,15,20)(H,16,18). The molecule has 2 rings (SSSR count). The Hall–Kier alpha value is -2.62. The van der Waals surface area contributed by atoms with Gasteiger partial charge in [-0.25, -0.2) is 4.63 Å². The highest BCUT2D eigenvalue weighted by molar-refractivity contribution is 9.10. The molecule has 0 amide bonds. The summed E-state index contributed by atoms with van der Waals surface area (Å²) in [5.41, 5.74) is 11.4. The van der Waals surface area contributed by atoms with Gasteiger partial charge in [0.25, 0.3) is 0 Å². The molecule has 0 saturated carbocycles. The van der Waals surface area contributed by atoms with E-state index in [1.807, 2.05) is 29.7 Å². The van der Waals surface area contributed by atoms with Crippen molar-refractivity contribution in [1.29, 1.82) is 0 Å². The number of rotatable bonds is 7. The number of azide groups is 1. The molecular formula is C12H13BrN8O2. The number of anilines is 1. The first-order valence-corrected chi connectivity index (χ1v) is 7.30. The van der Waals surface area contributed by atoms with Gasteiger partial charge in [-0.1, -0.05) is 33.2 Å². The van der Waals surface area contributed by atoms with Crippen LogP contribution in [0.5, 0.6) is 0 Å². The molecule has 0 saturated heterocycles. The fourth-order valence-corrected chi connectivity index (χ4v) is 2.14. The van der Waals surface area contributed by atoms with Crippen molar-refractivity contribution in [2.75, 3.05) is 18.4 Å². The predicted molar refractivity (Wildman–Crippen MR) is 86.1 cm³/mol. The summed E-state index contributed by atoms with van der Waals surface area (Å²) in [5.74, 6) is 0.394. The number of nitrogens with zero attached hydrogens (tertiary/aromatic N) is 6. The Morgan fingerprint density at radius 1 is 1.43 bits per heavy atom. The topological polar surface area (TPSA) is 144 Å². The molecule has 1 heterocycles. The maximum Gasteiger partial charge on any atom is 0.202 e. The van der Waals surface area contributed by atoms with E-state index >= 15 is 0 Å². The van der Waals surface area contributed by atoms with Crippen molar-refractivity contribution in [3.63, 3.8) is 0 Å². The molecule has 0 aliphatic carbocycles. The monoisotopic (exact) mass is 380 g/mol. The van der Waals surface area contributed by atoms with Crippen molar-refractivity contribution in [3.05, 3.63) is 50.4 Å². The van der Waals surface area contributed by atoms with E-state index in [1.54, 1.807) is 0 Å². The molecule has 0 unspecified atom stereocenters. The number of hydrogen-bond donors (Lipinski definition) is 3. The van der Waals surface area contributed by atoms with Gasteiger partial charge in [0.05, 0.1) is 6.54 Å². The lowest BCUT2D eigenvalue weighted by Gasteiger charge is -2.04. The zero-order valence-electron chi connectivity index (χ0n) is 11.8. The van der Waals surface area contributed by atoms with Gasteiger partial charge in [0.2, 0.25) is 5.82 Å². The van der Waals surface area contributed by atoms with Crippen LogP contribution in [-0.2, 0) is 6.54 Å². The van der Waals surface area contributed by atoms with Gasteiger partial charge in [-0.15, -0.1) is 0 Å².